The second-order valence-electron chi connectivity index (χ2n) is 7.71. The number of hydrogen-bond donors (Lipinski definition) is 0. The summed E-state index contributed by atoms with van der Waals surface area (Å²) in [4.78, 5) is 19.0. The molecule has 9 heteroatoms. The summed E-state index contributed by atoms with van der Waals surface area (Å²) in [6.07, 6.45) is 7.92. The highest BCUT2D eigenvalue weighted by Crippen LogP contribution is 2.26. The first-order valence-corrected chi connectivity index (χ1v) is 13.0. The fourth-order valence-electron chi connectivity index (χ4n) is 4.09. The van der Waals surface area contributed by atoms with Crippen molar-refractivity contribution in [2.45, 2.75) is 49.2 Å². The number of carbonyl (C=O) groups excluding carboxylic acids is 1. The van der Waals surface area contributed by atoms with Gasteiger partial charge in [0.25, 0.3) is 0 Å². The van der Waals surface area contributed by atoms with Crippen molar-refractivity contribution in [3.63, 3.8) is 0 Å². The standard InChI is InChI=1S/C21H28N4O3S2/c1-2-23-10-9-22-21(23)29-16-20(26)24-11-13-25(14-12-24)30(27,28)19-8-7-17-5-3-4-6-18(17)15-19/h7-10,15H,2-6,11-14,16H2,1H3. The number of carbonyl (C=O) groups is 1. The number of sulfonamides is 1. The molecular weight excluding hydrogens is 420 g/mol. The van der Waals surface area contributed by atoms with Crippen LogP contribution >= 0.6 is 11.8 Å². The molecule has 1 fully saturated rings. The quantitative estimate of drug-likeness (QED) is 0.635. The van der Waals surface area contributed by atoms with Crippen LogP contribution in [0.4, 0.5) is 0 Å². The van der Waals surface area contributed by atoms with Crippen molar-refractivity contribution in [1.29, 1.82) is 0 Å². The minimum Gasteiger partial charge on any atom is -0.339 e. The third-order valence-electron chi connectivity index (χ3n) is 5.89. The van der Waals surface area contributed by atoms with Gasteiger partial charge in [-0.15, -0.1) is 0 Å². The Hall–Kier alpha value is -1.84. The highest BCUT2D eigenvalue weighted by atomic mass is 32.2. The van der Waals surface area contributed by atoms with Crippen molar-refractivity contribution < 1.29 is 13.2 Å². The maximum absolute atomic E-state index is 13.1. The summed E-state index contributed by atoms with van der Waals surface area (Å²) in [5, 5.41) is 0.833. The van der Waals surface area contributed by atoms with Crippen LogP contribution in [-0.2, 0) is 34.2 Å². The summed E-state index contributed by atoms with van der Waals surface area (Å²) < 4.78 is 29.7. The van der Waals surface area contributed by atoms with Crippen LogP contribution in [0.5, 0.6) is 0 Å². The van der Waals surface area contributed by atoms with Crippen molar-refractivity contribution in [2.75, 3.05) is 31.9 Å². The number of nitrogens with zero attached hydrogens (tertiary/aromatic N) is 4. The Kier molecular flexibility index (Phi) is 6.50. The van der Waals surface area contributed by atoms with E-state index in [1.807, 2.05) is 29.8 Å². The molecule has 0 bridgehead atoms. The summed E-state index contributed by atoms with van der Waals surface area (Å²) in [7, 11) is -3.52. The summed E-state index contributed by atoms with van der Waals surface area (Å²) in [6, 6.07) is 5.57. The van der Waals surface area contributed by atoms with Gasteiger partial charge in [-0.25, -0.2) is 13.4 Å². The lowest BCUT2D eigenvalue weighted by atomic mass is 9.92. The van der Waals surface area contributed by atoms with Gasteiger partial charge < -0.3 is 9.47 Å². The summed E-state index contributed by atoms with van der Waals surface area (Å²) in [5.41, 5.74) is 2.44. The molecule has 4 rings (SSSR count). The first-order valence-electron chi connectivity index (χ1n) is 10.5. The molecule has 2 heterocycles. The number of amides is 1. The van der Waals surface area contributed by atoms with E-state index in [9.17, 15) is 13.2 Å². The highest BCUT2D eigenvalue weighted by Gasteiger charge is 2.30. The van der Waals surface area contributed by atoms with Crippen molar-refractivity contribution in [2.24, 2.45) is 0 Å². The minimum atomic E-state index is -3.52. The van der Waals surface area contributed by atoms with Crippen molar-refractivity contribution in [3.8, 4) is 0 Å². The smallest absolute Gasteiger partial charge is 0.243 e. The Morgan fingerprint density at radius 3 is 2.57 bits per heavy atom. The van der Waals surface area contributed by atoms with Gasteiger partial charge in [-0.3, -0.25) is 4.79 Å². The van der Waals surface area contributed by atoms with Crippen molar-refractivity contribution in [3.05, 3.63) is 41.7 Å². The molecule has 0 N–H and O–H groups in total. The Balaban J connectivity index is 1.35. The van der Waals surface area contributed by atoms with E-state index in [-0.39, 0.29) is 5.91 Å². The molecule has 30 heavy (non-hydrogen) atoms. The zero-order valence-electron chi connectivity index (χ0n) is 17.3. The Labute approximate surface area is 182 Å². The van der Waals surface area contributed by atoms with E-state index >= 15 is 0 Å². The van der Waals surface area contributed by atoms with E-state index in [4.69, 9.17) is 0 Å². The van der Waals surface area contributed by atoms with Crippen molar-refractivity contribution in [1.82, 2.24) is 18.8 Å². The molecule has 1 aromatic carbocycles. The molecule has 1 amide bonds. The molecule has 0 radical (unpaired) electrons. The van der Waals surface area contributed by atoms with E-state index in [2.05, 4.69) is 4.98 Å². The normalized spacial score (nSPS) is 17.7. The van der Waals surface area contributed by atoms with Gasteiger partial charge in [-0.05, 0) is 55.9 Å². The highest BCUT2D eigenvalue weighted by molar-refractivity contribution is 7.99. The van der Waals surface area contributed by atoms with Gasteiger partial charge in [0, 0.05) is 45.1 Å². The number of piperazine rings is 1. The number of aromatic nitrogens is 2. The molecular formula is C21H28N4O3S2. The zero-order chi connectivity index (χ0) is 21.1. The van der Waals surface area contributed by atoms with Crippen LogP contribution in [0.25, 0.3) is 0 Å². The molecule has 7 nitrogen and oxygen atoms in total. The van der Waals surface area contributed by atoms with E-state index in [0.717, 1.165) is 31.0 Å². The lowest BCUT2D eigenvalue weighted by Gasteiger charge is -2.34. The molecule has 2 aromatic rings. The van der Waals surface area contributed by atoms with Crippen molar-refractivity contribution >= 4 is 27.7 Å². The van der Waals surface area contributed by atoms with Crippen LogP contribution in [0.1, 0.15) is 30.9 Å². The lowest BCUT2D eigenvalue weighted by molar-refractivity contribution is -0.129. The SMILES string of the molecule is CCn1ccnc1SCC(=O)N1CCN(S(=O)(=O)c2ccc3c(c2)CCCC3)CC1. The maximum atomic E-state index is 13.1. The van der Waals surface area contributed by atoms with Gasteiger partial charge in [0.2, 0.25) is 15.9 Å². The first-order chi connectivity index (χ1) is 14.5. The summed E-state index contributed by atoms with van der Waals surface area (Å²) in [6.45, 7) is 4.36. The van der Waals surface area contributed by atoms with E-state index in [1.54, 1.807) is 17.2 Å². The molecule has 162 valence electrons. The van der Waals surface area contributed by atoms with Crippen LogP contribution in [-0.4, -0.2) is 65.0 Å². The fraction of sp³-hybridized carbons (Fsp3) is 0.524. The maximum Gasteiger partial charge on any atom is 0.243 e. The Bertz CT molecular complexity index is 1010. The number of imidazole rings is 1. The predicted molar refractivity (Wildman–Crippen MR) is 117 cm³/mol. The molecule has 1 aromatic heterocycles. The van der Waals surface area contributed by atoms with Gasteiger partial charge in [0.15, 0.2) is 5.16 Å². The monoisotopic (exact) mass is 448 g/mol. The lowest BCUT2D eigenvalue weighted by Crippen LogP contribution is -2.51. The average molecular weight is 449 g/mol. The number of rotatable bonds is 6. The van der Waals surface area contributed by atoms with Crippen LogP contribution in [0.15, 0.2) is 40.6 Å². The largest absolute Gasteiger partial charge is 0.339 e. The Morgan fingerprint density at radius 2 is 1.83 bits per heavy atom. The molecule has 1 aliphatic carbocycles. The summed E-state index contributed by atoms with van der Waals surface area (Å²) >= 11 is 1.43. The van der Waals surface area contributed by atoms with E-state index < -0.39 is 10.0 Å². The Morgan fingerprint density at radius 1 is 1.10 bits per heavy atom. The second-order valence-corrected chi connectivity index (χ2v) is 10.6. The van der Waals surface area contributed by atoms with Gasteiger partial charge in [0.05, 0.1) is 10.6 Å². The topological polar surface area (TPSA) is 75.5 Å². The van der Waals surface area contributed by atoms with E-state index in [1.165, 1.54) is 33.6 Å². The number of aryl methyl sites for hydroxylation is 3. The minimum absolute atomic E-state index is 0.0245. The first kappa shape index (κ1) is 21.4. The van der Waals surface area contributed by atoms with Gasteiger partial charge in [0.1, 0.15) is 0 Å². The number of hydrogen-bond acceptors (Lipinski definition) is 5. The van der Waals surface area contributed by atoms with Crippen LogP contribution in [0.2, 0.25) is 0 Å². The fourth-order valence-corrected chi connectivity index (χ4v) is 6.49. The number of thioether (sulfide) groups is 1. The predicted octanol–water partition coefficient (Wildman–Crippen LogP) is 2.41. The average Bonchev–Trinajstić information content (AvgIpc) is 3.25. The number of fused-ring (bicyclic) bond motifs is 1. The molecule has 0 saturated carbocycles. The van der Waals surface area contributed by atoms with Crippen LogP contribution < -0.4 is 0 Å². The molecule has 1 saturated heterocycles. The van der Waals surface area contributed by atoms with E-state index in [0.29, 0.717) is 36.8 Å². The third-order valence-corrected chi connectivity index (χ3v) is 8.78. The summed E-state index contributed by atoms with van der Waals surface area (Å²) in [5.74, 6) is 0.339. The number of benzene rings is 1. The third kappa shape index (κ3) is 4.43. The van der Waals surface area contributed by atoms with Crippen LogP contribution in [0.3, 0.4) is 0 Å². The van der Waals surface area contributed by atoms with Gasteiger partial charge in [-0.1, -0.05) is 17.8 Å². The molecule has 0 spiro atoms. The second kappa shape index (κ2) is 9.11. The van der Waals surface area contributed by atoms with Crippen LogP contribution in [0, 0.1) is 0 Å². The van der Waals surface area contributed by atoms with Gasteiger partial charge in [-0.2, -0.15) is 4.31 Å². The molecule has 0 unspecified atom stereocenters. The van der Waals surface area contributed by atoms with Gasteiger partial charge >= 0.3 is 0 Å². The molecule has 1 aliphatic heterocycles. The molecule has 2 aliphatic rings. The molecule has 0 atom stereocenters. The zero-order valence-corrected chi connectivity index (χ0v) is 18.9.